The summed E-state index contributed by atoms with van der Waals surface area (Å²) in [4.78, 5) is 25.7. The minimum absolute atomic E-state index is 0.167. The molecule has 162 valence electrons. The molecule has 2 amide bonds. The molecule has 3 heterocycles. The Balaban J connectivity index is 1.30. The summed E-state index contributed by atoms with van der Waals surface area (Å²) in [5.74, 6) is 0.821. The molecule has 1 aliphatic heterocycles. The van der Waals surface area contributed by atoms with Gasteiger partial charge in [-0.1, -0.05) is 6.07 Å². The lowest BCUT2D eigenvalue weighted by Gasteiger charge is -2.15. The number of amides is 2. The number of carbonyl (C=O) groups excluding carboxylic acids is 2. The minimum Gasteiger partial charge on any atom is -0.369 e. The molecular formula is C21H24FN7O2. The van der Waals surface area contributed by atoms with E-state index >= 15 is 0 Å². The highest BCUT2D eigenvalue weighted by atomic mass is 19.1. The molecular weight excluding hydrogens is 401 g/mol. The normalized spacial score (nSPS) is 13.7. The number of halogens is 1. The Kier molecular flexibility index (Phi) is 6.34. The maximum absolute atomic E-state index is 13.2. The summed E-state index contributed by atoms with van der Waals surface area (Å²) >= 11 is 0. The van der Waals surface area contributed by atoms with Crippen molar-refractivity contribution in [1.29, 1.82) is 0 Å². The first kappa shape index (κ1) is 20.7. The Morgan fingerprint density at radius 3 is 2.90 bits per heavy atom. The average Bonchev–Trinajstić information content (AvgIpc) is 3.35. The SMILES string of the molecule is O=C(CCc1nnc2ccc(NCCCN3CCCC3=O)nn12)Nc1cccc(F)c1. The van der Waals surface area contributed by atoms with Crippen LogP contribution < -0.4 is 10.6 Å². The highest BCUT2D eigenvalue weighted by Gasteiger charge is 2.19. The van der Waals surface area contributed by atoms with Gasteiger partial charge in [-0.25, -0.2) is 4.39 Å². The highest BCUT2D eigenvalue weighted by Crippen LogP contribution is 2.13. The molecule has 0 aliphatic carbocycles. The molecule has 1 saturated heterocycles. The molecule has 1 aromatic carbocycles. The molecule has 2 N–H and O–H groups in total. The fourth-order valence-electron chi connectivity index (χ4n) is 3.53. The van der Waals surface area contributed by atoms with E-state index < -0.39 is 5.82 Å². The van der Waals surface area contributed by atoms with Gasteiger partial charge in [-0.15, -0.1) is 15.3 Å². The van der Waals surface area contributed by atoms with Crippen LogP contribution in [-0.2, 0) is 16.0 Å². The second kappa shape index (κ2) is 9.50. The first-order chi connectivity index (χ1) is 15.1. The van der Waals surface area contributed by atoms with E-state index in [0.29, 0.717) is 42.4 Å². The molecule has 1 aliphatic rings. The van der Waals surface area contributed by atoms with Crippen molar-refractivity contribution in [1.82, 2.24) is 24.7 Å². The molecule has 0 radical (unpaired) electrons. The van der Waals surface area contributed by atoms with E-state index in [0.717, 1.165) is 25.9 Å². The zero-order valence-corrected chi connectivity index (χ0v) is 17.1. The van der Waals surface area contributed by atoms with Gasteiger partial charge in [0.25, 0.3) is 0 Å². The number of fused-ring (bicyclic) bond motifs is 1. The molecule has 10 heteroatoms. The summed E-state index contributed by atoms with van der Waals surface area (Å²) in [5.41, 5.74) is 1.00. The van der Waals surface area contributed by atoms with Gasteiger partial charge in [-0.05, 0) is 43.2 Å². The van der Waals surface area contributed by atoms with Gasteiger partial charge in [-0.3, -0.25) is 9.59 Å². The number of nitrogens with zero attached hydrogens (tertiary/aromatic N) is 5. The molecule has 1 fully saturated rings. The number of likely N-dealkylation sites (tertiary alicyclic amines) is 1. The van der Waals surface area contributed by atoms with Gasteiger partial charge in [0.2, 0.25) is 11.8 Å². The monoisotopic (exact) mass is 425 g/mol. The quantitative estimate of drug-likeness (QED) is 0.510. The van der Waals surface area contributed by atoms with Crippen LogP contribution in [-0.4, -0.2) is 56.2 Å². The Labute approximate surface area is 178 Å². The predicted molar refractivity (Wildman–Crippen MR) is 113 cm³/mol. The third kappa shape index (κ3) is 5.33. The summed E-state index contributed by atoms with van der Waals surface area (Å²) in [6, 6.07) is 9.39. The first-order valence-corrected chi connectivity index (χ1v) is 10.4. The Hall–Kier alpha value is -3.56. The lowest BCUT2D eigenvalue weighted by atomic mass is 10.2. The predicted octanol–water partition coefficient (Wildman–Crippen LogP) is 2.26. The summed E-state index contributed by atoms with van der Waals surface area (Å²) < 4.78 is 14.9. The zero-order valence-electron chi connectivity index (χ0n) is 17.1. The van der Waals surface area contributed by atoms with Crippen LogP contribution >= 0.6 is 0 Å². The molecule has 9 nitrogen and oxygen atoms in total. The molecule has 4 rings (SSSR count). The van der Waals surface area contributed by atoms with Gasteiger partial charge in [0, 0.05) is 44.6 Å². The summed E-state index contributed by atoms with van der Waals surface area (Å²) in [6.45, 7) is 2.28. The molecule has 0 bridgehead atoms. The van der Waals surface area contributed by atoms with Crippen molar-refractivity contribution in [2.75, 3.05) is 30.3 Å². The number of aryl methyl sites for hydroxylation is 1. The lowest BCUT2D eigenvalue weighted by Crippen LogP contribution is -2.27. The summed E-state index contributed by atoms with van der Waals surface area (Å²) in [7, 11) is 0. The lowest BCUT2D eigenvalue weighted by molar-refractivity contribution is -0.127. The topological polar surface area (TPSA) is 105 Å². The van der Waals surface area contributed by atoms with Crippen LogP contribution in [0.4, 0.5) is 15.9 Å². The van der Waals surface area contributed by atoms with E-state index in [1.807, 2.05) is 17.0 Å². The van der Waals surface area contributed by atoms with Gasteiger partial charge in [-0.2, -0.15) is 4.52 Å². The maximum Gasteiger partial charge on any atom is 0.224 e. The van der Waals surface area contributed by atoms with Crippen molar-refractivity contribution in [3.8, 4) is 0 Å². The second-order valence-corrected chi connectivity index (χ2v) is 7.43. The number of carbonyl (C=O) groups is 2. The number of rotatable bonds is 9. The number of aromatic nitrogens is 4. The third-order valence-electron chi connectivity index (χ3n) is 5.09. The Morgan fingerprint density at radius 1 is 1.19 bits per heavy atom. The van der Waals surface area contributed by atoms with Gasteiger partial charge in [0.15, 0.2) is 11.5 Å². The molecule has 0 saturated carbocycles. The zero-order chi connectivity index (χ0) is 21.6. The highest BCUT2D eigenvalue weighted by molar-refractivity contribution is 5.90. The number of anilines is 2. The van der Waals surface area contributed by atoms with Gasteiger partial charge < -0.3 is 15.5 Å². The molecule has 0 unspecified atom stereocenters. The van der Waals surface area contributed by atoms with Crippen molar-refractivity contribution >= 4 is 29.0 Å². The van der Waals surface area contributed by atoms with Gasteiger partial charge in [0.05, 0.1) is 0 Å². The van der Waals surface area contributed by atoms with Crippen molar-refractivity contribution in [3.05, 3.63) is 48.0 Å². The number of benzene rings is 1. The van der Waals surface area contributed by atoms with Crippen LogP contribution in [0.3, 0.4) is 0 Å². The number of hydrogen-bond acceptors (Lipinski definition) is 6. The van der Waals surface area contributed by atoms with Crippen LogP contribution in [0, 0.1) is 5.82 Å². The van der Waals surface area contributed by atoms with Crippen molar-refractivity contribution in [2.24, 2.45) is 0 Å². The Morgan fingerprint density at radius 2 is 2.10 bits per heavy atom. The molecule has 31 heavy (non-hydrogen) atoms. The molecule has 3 aromatic rings. The molecule has 0 spiro atoms. The molecule has 0 atom stereocenters. The fourth-order valence-corrected chi connectivity index (χ4v) is 3.53. The van der Waals surface area contributed by atoms with Crippen LogP contribution in [0.15, 0.2) is 36.4 Å². The van der Waals surface area contributed by atoms with E-state index in [1.165, 1.54) is 12.1 Å². The van der Waals surface area contributed by atoms with Gasteiger partial charge in [0.1, 0.15) is 11.6 Å². The van der Waals surface area contributed by atoms with E-state index in [4.69, 9.17) is 0 Å². The van der Waals surface area contributed by atoms with E-state index in [2.05, 4.69) is 25.9 Å². The van der Waals surface area contributed by atoms with Crippen molar-refractivity contribution in [2.45, 2.75) is 32.1 Å². The van der Waals surface area contributed by atoms with Crippen LogP contribution in [0.1, 0.15) is 31.5 Å². The van der Waals surface area contributed by atoms with E-state index in [-0.39, 0.29) is 18.2 Å². The fraction of sp³-hybridized carbons (Fsp3) is 0.381. The van der Waals surface area contributed by atoms with Crippen molar-refractivity contribution < 1.29 is 14.0 Å². The smallest absolute Gasteiger partial charge is 0.224 e. The van der Waals surface area contributed by atoms with Crippen molar-refractivity contribution in [3.63, 3.8) is 0 Å². The second-order valence-electron chi connectivity index (χ2n) is 7.43. The van der Waals surface area contributed by atoms with Crippen LogP contribution in [0.25, 0.3) is 5.65 Å². The third-order valence-corrected chi connectivity index (χ3v) is 5.09. The molecule has 2 aromatic heterocycles. The standard InChI is InChI=1S/C21H24FN7O2/c22-15-4-1-5-16(14-15)24-20(30)10-9-19-26-25-18-8-7-17(27-29(18)19)23-11-3-13-28-12-2-6-21(28)31/h1,4-5,7-8,14H,2-3,6,9-13H2,(H,23,27)(H,24,30). The van der Waals surface area contributed by atoms with Crippen LogP contribution in [0.5, 0.6) is 0 Å². The number of hydrogen-bond donors (Lipinski definition) is 2. The largest absolute Gasteiger partial charge is 0.369 e. The summed E-state index contributed by atoms with van der Waals surface area (Å²) in [6.07, 6.45) is 2.94. The van der Waals surface area contributed by atoms with E-state index in [1.54, 1.807) is 16.6 Å². The first-order valence-electron chi connectivity index (χ1n) is 10.4. The van der Waals surface area contributed by atoms with E-state index in [9.17, 15) is 14.0 Å². The summed E-state index contributed by atoms with van der Waals surface area (Å²) in [5, 5.41) is 18.6. The number of nitrogens with one attached hydrogen (secondary N) is 2. The maximum atomic E-state index is 13.2. The minimum atomic E-state index is -0.405. The van der Waals surface area contributed by atoms with Crippen LogP contribution in [0.2, 0.25) is 0 Å². The Bertz CT molecular complexity index is 1080. The van der Waals surface area contributed by atoms with Gasteiger partial charge >= 0.3 is 0 Å². The average molecular weight is 425 g/mol.